The fraction of sp³-hybridized carbons (Fsp3) is 0.250. The summed E-state index contributed by atoms with van der Waals surface area (Å²) in [7, 11) is 0. The molecule has 1 amide bonds. The predicted molar refractivity (Wildman–Crippen MR) is 78.7 cm³/mol. The normalized spacial score (nSPS) is 11.3. The molecule has 0 aliphatic heterocycles. The molecule has 1 N–H and O–H groups in total. The van der Waals surface area contributed by atoms with Gasteiger partial charge in [0.25, 0.3) is 0 Å². The Hall–Kier alpha value is -2.36. The van der Waals surface area contributed by atoms with E-state index >= 15 is 0 Å². The summed E-state index contributed by atoms with van der Waals surface area (Å²) in [6.07, 6.45) is 4.41. The van der Waals surface area contributed by atoms with Crippen LogP contribution in [0, 0.1) is 0 Å². The highest BCUT2D eigenvalue weighted by atomic mass is 16.3. The second kappa shape index (κ2) is 7.28. The van der Waals surface area contributed by atoms with Crippen LogP contribution in [-0.4, -0.2) is 11.6 Å². The maximum Gasteiger partial charge on any atom is 0.307 e. The first-order valence-electron chi connectivity index (χ1n) is 6.77. The van der Waals surface area contributed by atoms with Crippen molar-refractivity contribution in [1.29, 1.82) is 0 Å². The van der Waals surface area contributed by atoms with Gasteiger partial charge in [-0.25, -0.2) is 5.43 Å². The molecule has 1 heterocycles. The molecule has 0 atom stereocenters. The fourth-order valence-corrected chi connectivity index (χ4v) is 1.82. The first kappa shape index (κ1) is 14.1. The van der Waals surface area contributed by atoms with Crippen LogP contribution in [0.1, 0.15) is 42.3 Å². The number of carbonyl (C=O) groups excluding carboxylic acids is 1. The minimum Gasteiger partial charge on any atom is -0.459 e. The van der Waals surface area contributed by atoms with Crippen LogP contribution in [0.3, 0.4) is 0 Å². The van der Waals surface area contributed by atoms with Gasteiger partial charge in [-0.3, -0.25) is 4.79 Å². The van der Waals surface area contributed by atoms with Crippen molar-refractivity contribution < 1.29 is 9.21 Å². The Labute approximate surface area is 118 Å². The number of unbranched alkanes of at least 4 members (excludes halogenated alkanes) is 1. The highest BCUT2D eigenvalue weighted by Crippen LogP contribution is 2.08. The van der Waals surface area contributed by atoms with Gasteiger partial charge in [0.2, 0.25) is 0 Å². The van der Waals surface area contributed by atoms with E-state index in [1.807, 2.05) is 30.3 Å². The lowest BCUT2D eigenvalue weighted by Crippen LogP contribution is -2.19. The summed E-state index contributed by atoms with van der Waals surface area (Å²) in [5.41, 5.74) is 4.46. The number of carbonyl (C=O) groups is 1. The van der Waals surface area contributed by atoms with E-state index in [4.69, 9.17) is 4.42 Å². The van der Waals surface area contributed by atoms with E-state index < -0.39 is 0 Å². The third-order valence-electron chi connectivity index (χ3n) is 2.91. The molecule has 4 heteroatoms. The topological polar surface area (TPSA) is 54.6 Å². The maximum atomic E-state index is 11.8. The molecule has 0 aliphatic carbocycles. The van der Waals surface area contributed by atoms with Crippen molar-refractivity contribution in [1.82, 2.24) is 5.43 Å². The van der Waals surface area contributed by atoms with Crippen LogP contribution in [0.4, 0.5) is 0 Å². The number of rotatable bonds is 6. The standard InChI is InChI=1S/C16H18N2O2/c1-2-3-10-14(13-8-5-4-6-9-13)17-18-16(19)15-11-7-12-20-15/h4-9,11-12H,2-3,10H2,1H3,(H,18,19). The second-order valence-electron chi connectivity index (χ2n) is 4.45. The average Bonchev–Trinajstić information content (AvgIpc) is 3.02. The predicted octanol–water partition coefficient (Wildman–Crippen LogP) is 3.60. The molecule has 2 aromatic rings. The average molecular weight is 270 g/mol. The van der Waals surface area contributed by atoms with E-state index in [2.05, 4.69) is 17.5 Å². The van der Waals surface area contributed by atoms with Crippen molar-refractivity contribution in [2.24, 2.45) is 5.10 Å². The van der Waals surface area contributed by atoms with Crippen LogP contribution in [0.15, 0.2) is 58.2 Å². The molecule has 0 aliphatic rings. The van der Waals surface area contributed by atoms with Gasteiger partial charge in [-0.05, 0) is 30.5 Å². The van der Waals surface area contributed by atoms with E-state index in [1.165, 1.54) is 6.26 Å². The van der Waals surface area contributed by atoms with Crippen LogP contribution in [-0.2, 0) is 0 Å². The molecule has 1 aromatic heterocycles. The Bertz CT molecular complexity index is 559. The van der Waals surface area contributed by atoms with Gasteiger partial charge >= 0.3 is 5.91 Å². The maximum absolute atomic E-state index is 11.8. The van der Waals surface area contributed by atoms with Crippen LogP contribution in [0.2, 0.25) is 0 Å². The smallest absolute Gasteiger partial charge is 0.307 e. The van der Waals surface area contributed by atoms with Gasteiger partial charge < -0.3 is 4.42 Å². The molecule has 0 radical (unpaired) electrons. The summed E-state index contributed by atoms with van der Waals surface area (Å²) in [5, 5.41) is 4.24. The van der Waals surface area contributed by atoms with E-state index in [1.54, 1.807) is 12.1 Å². The third kappa shape index (κ3) is 3.82. The molecular weight excluding hydrogens is 252 g/mol. The highest BCUT2D eigenvalue weighted by Gasteiger charge is 2.08. The van der Waals surface area contributed by atoms with Gasteiger partial charge in [0.15, 0.2) is 5.76 Å². The Kier molecular flexibility index (Phi) is 5.12. The van der Waals surface area contributed by atoms with Gasteiger partial charge in [0.1, 0.15) is 0 Å². The van der Waals surface area contributed by atoms with Gasteiger partial charge in [-0.15, -0.1) is 0 Å². The number of nitrogens with one attached hydrogen (secondary N) is 1. The largest absolute Gasteiger partial charge is 0.459 e. The number of furan rings is 1. The molecule has 0 bridgehead atoms. The molecule has 2 rings (SSSR count). The summed E-state index contributed by atoms with van der Waals surface area (Å²) in [5.74, 6) is -0.0726. The second-order valence-corrected chi connectivity index (χ2v) is 4.45. The monoisotopic (exact) mass is 270 g/mol. The molecule has 20 heavy (non-hydrogen) atoms. The lowest BCUT2D eigenvalue weighted by molar-refractivity contribution is 0.0927. The molecule has 1 aromatic carbocycles. The number of hydrazone groups is 1. The van der Waals surface area contributed by atoms with Crippen molar-refractivity contribution in [2.45, 2.75) is 26.2 Å². The quantitative estimate of drug-likeness (QED) is 0.644. The molecule has 4 nitrogen and oxygen atoms in total. The Morgan fingerprint density at radius 1 is 1.20 bits per heavy atom. The zero-order valence-corrected chi connectivity index (χ0v) is 11.5. The van der Waals surface area contributed by atoms with Gasteiger partial charge in [-0.2, -0.15) is 5.10 Å². The molecule has 0 spiro atoms. The Morgan fingerprint density at radius 2 is 2.00 bits per heavy atom. The Morgan fingerprint density at radius 3 is 2.65 bits per heavy atom. The molecular formula is C16H18N2O2. The number of benzene rings is 1. The number of hydrogen-bond acceptors (Lipinski definition) is 3. The molecule has 0 saturated heterocycles. The number of nitrogens with zero attached hydrogens (tertiary/aromatic N) is 1. The lowest BCUT2D eigenvalue weighted by atomic mass is 10.1. The van der Waals surface area contributed by atoms with E-state index in [9.17, 15) is 4.79 Å². The van der Waals surface area contributed by atoms with Crippen molar-refractivity contribution in [3.63, 3.8) is 0 Å². The SMILES string of the molecule is CCCCC(=NNC(=O)c1ccco1)c1ccccc1. The van der Waals surface area contributed by atoms with Gasteiger partial charge in [0.05, 0.1) is 12.0 Å². The molecule has 0 saturated carbocycles. The third-order valence-corrected chi connectivity index (χ3v) is 2.91. The lowest BCUT2D eigenvalue weighted by Gasteiger charge is -2.06. The summed E-state index contributed by atoms with van der Waals surface area (Å²) < 4.78 is 5.03. The summed E-state index contributed by atoms with van der Waals surface area (Å²) in [4.78, 5) is 11.8. The van der Waals surface area contributed by atoms with Crippen molar-refractivity contribution in [3.8, 4) is 0 Å². The molecule has 104 valence electrons. The van der Waals surface area contributed by atoms with Crippen LogP contribution < -0.4 is 5.43 Å². The van der Waals surface area contributed by atoms with Crippen molar-refractivity contribution in [2.75, 3.05) is 0 Å². The first-order chi connectivity index (χ1) is 9.81. The van der Waals surface area contributed by atoms with Gasteiger partial charge in [-0.1, -0.05) is 43.7 Å². The first-order valence-corrected chi connectivity index (χ1v) is 6.77. The van der Waals surface area contributed by atoms with Crippen LogP contribution >= 0.6 is 0 Å². The molecule has 0 fully saturated rings. The van der Waals surface area contributed by atoms with E-state index in [0.717, 1.165) is 30.5 Å². The number of amides is 1. The summed E-state index contributed by atoms with van der Waals surface area (Å²) in [6.45, 7) is 2.13. The van der Waals surface area contributed by atoms with Crippen LogP contribution in [0.25, 0.3) is 0 Å². The van der Waals surface area contributed by atoms with Crippen LogP contribution in [0.5, 0.6) is 0 Å². The minimum absolute atomic E-state index is 0.261. The summed E-state index contributed by atoms with van der Waals surface area (Å²) >= 11 is 0. The van der Waals surface area contributed by atoms with Crippen molar-refractivity contribution in [3.05, 3.63) is 60.1 Å². The van der Waals surface area contributed by atoms with E-state index in [0.29, 0.717) is 0 Å². The Balaban J connectivity index is 2.10. The minimum atomic E-state index is -0.333. The number of hydrogen-bond donors (Lipinski definition) is 1. The highest BCUT2D eigenvalue weighted by molar-refractivity contribution is 6.01. The fourth-order valence-electron chi connectivity index (χ4n) is 1.82. The zero-order chi connectivity index (χ0) is 14.2. The summed E-state index contributed by atoms with van der Waals surface area (Å²) in [6, 6.07) is 13.2. The zero-order valence-electron chi connectivity index (χ0n) is 11.5. The van der Waals surface area contributed by atoms with Gasteiger partial charge in [0, 0.05) is 0 Å². The van der Waals surface area contributed by atoms with E-state index in [-0.39, 0.29) is 11.7 Å². The van der Waals surface area contributed by atoms with Crippen molar-refractivity contribution >= 4 is 11.6 Å². The molecule has 0 unspecified atom stereocenters.